The highest BCUT2D eigenvalue weighted by Gasteiger charge is 2.25. The third-order valence-corrected chi connectivity index (χ3v) is 5.85. The average molecular weight is 373 g/mol. The molecule has 27 heavy (non-hydrogen) atoms. The highest BCUT2D eigenvalue weighted by Crippen LogP contribution is 2.26. The first-order valence-electron chi connectivity index (χ1n) is 10.7. The molecule has 3 rings (SSSR count). The Morgan fingerprint density at radius 3 is 2.85 bits per heavy atom. The molecule has 2 aliphatic rings. The van der Waals surface area contributed by atoms with Crippen molar-refractivity contribution in [2.24, 2.45) is 11.8 Å². The predicted molar refractivity (Wildman–Crippen MR) is 109 cm³/mol. The lowest BCUT2D eigenvalue weighted by Gasteiger charge is -2.24. The molecule has 1 atom stereocenters. The fourth-order valence-electron chi connectivity index (χ4n) is 4.01. The number of amides is 1. The van der Waals surface area contributed by atoms with E-state index in [0.29, 0.717) is 12.5 Å². The molecular formula is C22H36N4O. The Morgan fingerprint density at radius 2 is 2.15 bits per heavy atom. The van der Waals surface area contributed by atoms with Crippen LogP contribution in [-0.2, 0) is 24.4 Å². The van der Waals surface area contributed by atoms with Crippen LogP contribution in [0.4, 0.5) is 0 Å². The van der Waals surface area contributed by atoms with Gasteiger partial charge >= 0.3 is 0 Å². The summed E-state index contributed by atoms with van der Waals surface area (Å²) < 4.78 is 2.15. The van der Waals surface area contributed by atoms with Crippen molar-refractivity contribution in [1.82, 2.24) is 20.0 Å². The molecule has 0 aromatic carbocycles. The summed E-state index contributed by atoms with van der Waals surface area (Å²) in [4.78, 5) is 14.6. The van der Waals surface area contributed by atoms with Crippen molar-refractivity contribution in [2.75, 3.05) is 13.1 Å². The van der Waals surface area contributed by atoms with Gasteiger partial charge in [0.1, 0.15) is 0 Å². The van der Waals surface area contributed by atoms with Gasteiger partial charge in [-0.1, -0.05) is 25.0 Å². The molecule has 0 radical (unpaired) electrons. The smallest absolute Gasteiger partial charge is 0.223 e. The number of aryl methyl sites for hydroxylation is 1. The van der Waals surface area contributed by atoms with Crippen LogP contribution >= 0.6 is 0 Å². The number of hydrogen-bond donors (Lipinski definition) is 1. The fourth-order valence-corrected chi connectivity index (χ4v) is 4.01. The Balaban J connectivity index is 1.49. The molecule has 1 amide bonds. The van der Waals surface area contributed by atoms with Gasteiger partial charge < -0.3 is 5.32 Å². The largest absolute Gasteiger partial charge is 0.350 e. The number of carbonyl (C=O) groups is 1. The van der Waals surface area contributed by atoms with Crippen LogP contribution in [0.15, 0.2) is 17.7 Å². The second kappa shape index (κ2) is 9.54. The molecule has 1 N–H and O–H groups in total. The summed E-state index contributed by atoms with van der Waals surface area (Å²) in [6.45, 7) is 11.5. The second-order valence-corrected chi connectivity index (χ2v) is 8.75. The Morgan fingerprint density at radius 1 is 1.33 bits per heavy atom. The van der Waals surface area contributed by atoms with E-state index in [0.717, 1.165) is 51.1 Å². The molecule has 1 unspecified atom stereocenters. The molecule has 1 saturated carbocycles. The van der Waals surface area contributed by atoms with Gasteiger partial charge in [-0.15, -0.1) is 0 Å². The van der Waals surface area contributed by atoms with E-state index in [2.05, 4.69) is 47.8 Å². The Bertz CT molecular complexity index is 655. The lowest BCUT2D eigenvalue weighted by Crippen LogP contribution is -2.34. The number of allylic oxidation sites excluding steroid dienone is 2. The SMILES string of the molecule is CC(C)=CCCC(C)CN1CCCn2nc(CNC(=O)C3CCC3)cc2C1. The Kier molecular flexibility index (Phi) is 7.11. The zero-order valence-corrected chi connectivity index (χ0v) is 17.3. The third-order valence-electron chi connectivity index (χ3n) is 5.85. The van der Waals surface area contributed by atoms with Crippen LogP contribution in [-0.4, -0.2) is 33.7 Å². The molecule has 1 aliphatic carbocycles. The first-order valence-corrected chi connectivity index (χ1v) is 10.7. The lowest BCUT2D eigenvalue weighted by atomic mass is 9.85. The number of nitrogens with one attached hydrogen (secondary N) is 1. The first kappa shape index (κ1) is 20.1. The molecule has 1 aromatic rings. The van der Waals surface area contributed by atoms with Crippen LogP contribution in [0, 0.1) is 11.8 Å². The standard InChI is InChI=1S/C22H36N4O/c1-17(2)7-4-8-18(3)15-25-11-6-12-26-21(16-25)13-20(24-26)14-23-22(27)19-9-5-10-19/h7,13,18-19H,4-6,8-12,14-16H2,1-3H3,(H,23,27). The zero-order chi connectivity index (χ0) is 19.2. The summed E-state index contributed by atoms with van der Waals surface area (Å²) in [5, 5.41) is 7.80. The summed E-state index contributed by atoms with van der Waals surface area (Å²) in [6, 6.07) is 2.19. The number of aromatic nitrogens is 2. The van der Waals surface area contributed by atoms with Gasteiger partial charge in [0.15, 0.2) is 0 Å². The summed E-state index contributed by atoms with van der Waals surface area (Å²) in [6.07, 6.45) is 9.21. The van der Waals surface area contributed by atoms with Gasteiger partial charge in [0.25, 0.3) is 0 Å². The molecule has 0 bridgehead atoms. The molecule has 1 aliphatic heterocycles. The highest BCUT2D eigenvalue weighted by molar-refractivity contribution is 5.79. The molecule has 2 heterocycles. The van der Waals surface area contributed by atoms with Crippen molar-refractivity contribution in [1.29, 1.82) is 0 Å². The lowest BCUT2D eigenvalue weighted by molar-refractivity contribution is -0.127. The van der Waals surface area contributed by atoms with E-state index >= 15 is 0 Å². The summed E-state index contributed by atoms with van der Waals surface area (Å²) >= 11 is 0. The molecular weight excluding hydrogens is 336 g/mol. The monoisotopic (exact) mass is 372 g/mol. The van der Waals surface area contributed by atoms with Crippen LogP contribution in [0.3, 0.4) is 0 Å². The molecule has 150 valence electrons. The summed E-state index contributed by atoms with van der Waals surface area (Å²) in [7, 11) is 0. The number of carbonyl (C=O) groups excluding carboxylic acids is 1. The number of rotatable bonds is 8. The van der Waals surface area contributed by atoms with E-state index in [9.17, 15) is 4.79 Å². The number of nitrogens with zero attached hydrogens (tertiary/aromatic N) is 3. The van der Waals surface area contributed by atoms with Crippen LogP contribution < -0.4 is 5.32 Å². The molecule has 1 fully saturated rings. The summed E-state index contributed by atoms with van der Waals surface area (Å²) in [5.74, 6) is 1.15. The molecule has 1 aromatic heterocycles. The van der Waals surface area contributed by atoms with E-state index in [-0.39, 0.29) is 11.8 Å². The molecule has 0 spiro atoms. The fraction of sp³-hybridized carbons (Fsp3) is 0.727. The van der Waals surface area contributed by atoms with Crippen molar-refractivity contribution >= 4 is 5.91 Å². The van der Waals surface area contributed by atoms with Gasteiger partial charge in [-0.3, -0.25) is 14.4 Å². The van der Waals surface area contributed by atoms with Crippen LogP contribution in [0.5, 0.6) is 0 Å². The van der Waals surface area contributed by atoms with Gasteiger partial charge in [0.05, 0.1) is 17.9 Å². The minimum Gasteiger partial charge on any atom is -0.350 e. The van der Waals surface area contributed by atoms with Crippen molar-refractivity contribution in [3.63, 3.8) is 0 Å². The topological polar surface area (TPSA) is 50.2 Å². The Labute approximate surface area is 164 Å². The van der Waals surface area contributed by atoms with Crippen molar-refractivity contribution in [2.45, 2.75) is 78.9 Å². The minimum absolute atomic E-state index is 0.205. The molecule has 0 saturated heterocycles. The van der Waals surface area contributed by atoms with Crippen LogP contribution in [0.2, 0.25) is 0 Å². The van der Waals surface area contributed by atoms with Crippen LogP contribution in [0.25, 0.3) is 0 Å². The van der Waals surface area contributed by atoms with Gasteiger partial charge in [-0.05, 0) is 57.9 Å². The van der Waals surface area contributed by atoms with E-state index in [1.807, 2.05) is 0 Å². The van der Waals surface area contributed by atoms with Gasteiger partial charge in [0, 0.05) is 32.1 Å². The maximum atomic E-state index is 12.0. The van der Waals surface area contributed by atoms with Crippen molar-refractivity contribution < 1.29 is 4.79 Å². The Hall–Kier alpha value is -1.62. The van der Waals surface area contributed by atoms with E-state index < -0.39 is 0 Å². The number of fused-ring (bicyclic) bond motifs is 1. The van der Waals surface area contributed by atoms with Gasteiger partial charge in [-0.25, -0.2) is 0 Å². The van der Waals surface area contributed by atoms with Crippen LogP contribution in [0.1, 0.15) is 70.7 Å². The maximum Gasteiger partial charge on any atom is 0.223 e. The first-order chi connectivity index (χ1) is 13.0. The quantitative estimate of drug-likeness (QED) is 0.705. The highest BCUT2D eigenvalue weighted by atomic mass is 16.1. The van der Waals surface area contributed by atoms with E-state index in [4.69, 9.17) is 5.10 Å². The van der Waals surface area contributed by atoms with Crippen molar-refractivity contribution in [3.8, 4) is 0 Å². The van der Waals surface area contributed by atoms with E-state index in [1.54, 1.807) is 0 Å². The molecule has 5 heteroatoms. The maximum absolute atomic E-state index is 12.0. The van der Waals surface area contributed by atoms with E-state index in [1.165, 1.54) is 30.5 Å². The minimum atomic E-state index is 0.205. The third kappa shape index (κ3) is 5.93. The average Bonchev–Trinajstić information content (AvgIpc) is 2.83. The summed E-state index contributed by atoms with van der Waals surface area (Å²) in [5.41, 5.74) is 3.70. The second-order valence-electron chi connectivity index (χ2n) is 8.75. The molecule has 5 nitrogen and oxygen atoms in total. The number of hydrogen-bond acceptors (Lipinski definition) is 3. The van der Waals surface area contributed by atoms with Crippen molar-refractivity contribution in [3.05, 3.63) is 29.1 Å². The zero-order valence-electron chi connectivity index (χ0n) is 17.3. The normalized spacial score (nSPS) is 18.9. The van der Waals surface area contributed by atoms with Gasteiger partial charge in [0.2, 0.25) is 5.91 Å². The predicted octanol–water partition coefficient (Wildman–Crippen LogP) is 3.89. The van der Waals surface area contributed by atoms with Gasteiger partial charge in [-0.2, -0.15) is 5.10 Å².